The van der Waals surface area contributed by atoms with E-state index in [9.17, 15) is 4.79 Å². The van der Waals surface area contributed by atoms with Crippen molar-refractivity contribution in [2.75, 3.05) is 0 Å². The predicted molar refractivity (Wildman–Crippen MR) is 109 cm³/mol. The molecule has 1 heteroatoms. The molecule has 26 heavy (non-hydrogen) atoms. The topological polar surface area (TPSA) is 17.1 Å². The lowest BCUT2D eigenvalue weighted by Crippen LogP contribution is -2.36. The van der Waals surface area contributed by atoms with Gasteiger partial charge in [0.2, 0.25) is 0 Å². The lowest BCUT2D eigenvalue weighted by molar-refractivity contribution is -0.128. The molecule has 8 unspecified atom stereocenters. The lowest BCUT2D eigenvalue weighted by atomic mass is 9.64. The van der Waals surface area contributed by atoms with Crippen LogP contribution in [0.4, 0.5) is 0 Å². The van der Waals surface area contributed by atoms with Gasteiger partial charge in [-0.1, -0.05) is 41.5 Å². The van der Waals surface area contributed by atoms with E-state index < -0.39 is 0 Å². The molecular formula is C25H42O. The second-order valence-corrected chi connectivity index (χ2v) is 12.1. The van der Waals surface area contributed by atoms with Gasteiger partial charge < -0.3 is 0 Å². The molecule has 4 saturated carbocycles. The van der Waals surface area contributed by atoms with Crippen LogP contribution in [-0.4, -0.2) is 5.78 Å². The quantitative estimate of drug-likeness (QED) is 0.513. The summed E-state index contributed by atoms with van der Waals surface area (Å²) < 4.78 is 0. The molecule has 148 valence electrons. The molecule has 4 aliphatic rings. The van der Waals surface area contributed by atoms with E-state index in [1.165, 1.54) is 38.5 Å². The van der Waals surface area contributed by atoms with Crippen LogP contribution in [0.2, 0.25) is 0 Å². The van der Waals surface area contributed by atoms with Gasteiger partial charge in [-0.05, 0) is 97.7 Å². The molecule has 4 rings (SSSR count). The Labute approximate surface area is 162 Å². The van der Waals surface area contributed by atoms with E-state index in [4.69, 9.17) is 0 Å². The highest BCUT2D eigenvalue weighted by atomic mass is 16.1. The lowest BCUT2D eigenvalue weighted by Gasteiger charge is -2.41. The first-order chi connectivity index (χ1) is 12.1. The Bertz CT molecular complexity index is 511. The van der Waals surface area contributed by atoms with E-state index in [2.05, 4.69) is 41.5 Å². The zero-order valence-electron chi connectivity index (χ0n) is 18.2. The predicted octanol–water partition coefficient (Wildman–Crippen LogP) is 6.75. The van der Waals surface area contributed by atoms with Gasteiger partial charge in [-0.3, -0.25) is 4.79 Å². The minimum absolute atomic E-state index is 0.260. The zero-order chi connectivity index (χ0) is 18.9. The summed E-state index contributed by atoms with van der Waals surface area (Å²) in [7, 11) is 0. The van der Waals surface area contributed by atoms with Gasteiger partial charge in [0.15, 0.2) is 0 Å². The van der Waals surface area contributed by atoms with Crippen molar-refractivity contribution in [1.82, 2.24) is 0 Å². The van der Waals surface area contributed by atoms with Gasteiger partial charge in [0.1, 0.15) is 5.78 Å². The van der Waals surface area contributed by atoms with Crippen molar-refractivity contribution in [1.29, 1.82) is 0 Å². The summed E-state index contributed by atoms with van der Waals surface area (Å²) >= 11 is 0. The van der Waals surface area contributed by atoms with Crippen LogP contribution in [0.3, 0.4) is 0 Å². The zero-order valence-corrected chi connectivity index (χ0v) is 18.2. The average Bonchev–Trinajstić information content (AvgIpc) is 3.31. The Kier molecular flexibility index (Phi) is 4.64. The summed E-state index contributed by atoms with van der Waals surface area (Å²) in [5.41, 5.74) is 0.931. The third kappa shape index (κ3) is 2.82. The van der Waals surface area contributed by atoms with Crippen molar-refractivity contribution in [3.05, 3.63) is 0 Å². The molecule has 4 fully saturated rings. The molecule has 0 aliphatic heterocycles. The van der Waals surface area contributed by atoms with Crippen LogP contribution in [-0.2, 0) is 4.79 Å². The first kappa shape index (κ1) is 19.0. The SMILES string of the molecule is CC(CC1C2CCC(C2)C1(C)C)C(=O)C(C)CC1C2CCC(C2)C1(C)C. The van der Waals surface area contributed by atoms with E-state index in [0.29, 0.717) is 16.6 Å². The summed E-state index contributed by atoms with van der Waals surface area (Å²) in [6, 6.07) is 0. The molecule has 4 bridgehead atoms. The van der Waals surface area contributed by atoms with Crippen molar-refractivity contribution in [3.63, 3.8) is 0 Å². The normalized spacial score (nSPS) is 44.4. The van der Waals surface area contributed by atoms with Crippen molar-refractivity contribution in [3.8, 4) is 0 Å². The maximum atomic E-state index is 13.3. The molecular weight excluding hydrogens is 316 g/mol. The van der Waals surface area contributed by atoms with Gasteiger partial charge in [-0.2, -0.15) is 0 Å². The fourth-order valence-electron chi connectivity index (χ4n) is 8.41. The fraction of sp³-hybridized carbons (Fsp3) is 0.960. The molecule has 0 N–H and O–H groups in total. The number of carbonyl (C=O) groups excluding carboxylic acids is 1. The van der Waals surface area contributed by atoms with Crippen LogP contribution < -0.4 is 0 Å². The second kappa shape index (κ2) is 6.35. The number of hydrogen-bond acceptors (Lipinski definition) is 1. The highest BCUT2D eigenvalue weighted by Gasteiger charge is 2.54. The fourth-order valence-corrected chi connectivity index (χ4v) is 8.41. The summed E-state index contributed by atoms with van der Waals surface area (Å²) in [5.74, 6) is 6.32. The van der Waals surface area contributed by atoms with Crippen LogP contribution >= 0.6 is 0 Å². The van der Waals surface area contributed by atoms with Crippen LogP contribution in [0.25, 0.3) is 0 Å². The Hall–Kier alpha value is -0.330. The van der Waals surface area contributed by atoms with Gasteiger partial charge in [0.25, 0.3) is 0 Å². The van der Waals surface area contributed by atoms with E-state index in [0.717, 1.165) is 48.3 Å². The molecule has 0 heterocycles. The van der Waals surface area contributed by atoms with Crippen LogP contribution in [0, 0.1) is 58.2 Å². The average molecular weight is 359 g/mol. The molecule has 0 saturated heterocycles. The van der Waals surface area contributed by atoms with E-state index in [-0.39, 0.29) is 11.8 Å². The molecule has 0 spiro atoms. The van der Waals surface area contributed by atoms with Crippen molar-refractivity contribution in [2.24, 2.45) is 58.2 Å². The highest BCUT2D eigenvalue weighted by molar-refractivity contribution is 5.82. The second-order valence-electron chi connectivity index (χ2n) is 12.1. The maximum Gasteiger partial charge on any atom is 0.138 e. The largest absolute Gasteiger partial charge is 0.299 e. The highest BCUT2D eigenvalue weighted by Crippen LogP contribution is 2.62. The third-order valence-electron chi connectivity index (χ3n) is 10.3. The first-order valence-electron chi connectivity index (χ1n) is 11.7. The molecule has 0 amide bonds. The summed E-state index contributed by atoms with van der Waals surface area (Å²) in [6.45, 7) is 14.4. The van der Waals surface area contributed by atoms with Crippen molar-refractivity contribution < 1.29 is 4.79 Å². The summed E-state index contributed by atoms with van der Waals surface area (Å²) in [5, 5.41) is 0. The van der Waals surface area contributed by atoms with E-state index in [1.807, 2.05) is 0 Å². The van der Waals surface area contributed by atoms with Crippen molar-refractivity contribution >= 4 is 5.78 Å². The van der Waals surface area contributed by atoms with Gasteiger partial charge in [-0.15, -0.1) is 0 Å². The van der Waals surface area contributed by atoms with E-state index in [1.54, 1.807) is 0 Å². The molecule has 1 nitrogen and oxygen atoms in total. The molecule has 4 aliphatic carbocycles. The molecule has 0 aromatic heterocycles. The van der Waals surface area contributed by atoms with Crippen molar-refractivity contribution in [2.45, 2.75) is 92.9 Å². The minimum Gasteiger partial charge on any atom is -0.299 e. The number of carbonyl (C=O) groups is 1. The molecule has 0 aromatic carbocycles. The van der Waals surface area contributed by atoms with E-state index >= 15 is 0 Å². The van der Waals surface area contributed by atoms with Gasteiger partial charge in [0.05, 0.1) is 0 Å². The van der Waals surface area contributed by atoms with Crippen LogP contribution in [0.1, 0.15) is 92.9 Å². The number of ketones is 1. The Morgan fingerprint density at radius 2 is 1.15 bits per heavy atom. The van der Waals surface area contributed by atoms with Gasteiger partial charge >= 0.3 is 0 Å². The molecule has 0 radical (unpaired) electrons. The minimum atomic E-state index is 0.260. The van der Waals surface area contributed by atoms with Crippen LogP contribution in [0.5, 0.6) is 0 Å². The Morgan fingerprint density at radius 1 is 0.769 bits per heavy atom. The smallest absolute Gasteiger partial charge is 0.138 e. The molecule has 0 aromatic rings. The first-order valence-corrected chi connectivity index (χ1v) is 11.7. The third-order valence-corrected chi connectivity index (χ3v) is 10.3. The number of Topliss-reactive ketones (excluding diaryl/α,β-unsaturated/α-hetero) is 1. The Morgan fingerprint density at radius 3 is 1.46 bits per heavy atom. The Balaban J connectivity index is 1.37. The van der Waals surface area contributed by atoms with Gasteiger partial charge in [0, 0.05) is 11.8 Å². The molecule has 8 atom stereocenters. The maximum absolute atomic E-state index is 13.3. The standard InChI is InChI=1S/C25H42O/c1-15(11-21-17-7-9-19(13-17)24(21,3)4)23(26)16(2)12-22-18-8-10-20(14-18)25(22,5)6/h15-22H,7-14H2,1-6H3. The van der Waals surface area contributed by atoms with Gasteiger partial charge in [-0.25, -0.2) is 0 Å². The number of fused-ring (bicyclic) bond motifs is 4. The monoisotopic (exact) mass is 358 g/mol. The summed E-state index contributed by atoms with van der Waals surface area (Å²) in [6.07, 6.45) is 10.9. The number of rotatable bonds is 6. The number of hydrogen-bond donors (Lipinski definition) is 0. The van der Waals surface area contributed by atoms with Crippen LogP contribution in [0.15, 0.2) is 0 Å². The summed E-state index contributed by atoms with van der Waals surface area (Å²) in [4.78, 5) is 13.3.